The quantitative estimate of drug-likeness (QED) is 0.530. The first kappa shape index (κ1) is 12.9. The minimum absolute atomic E-state index is 0.0177. The second-order valence-electron chi connectivity index (χ2n) is 3.50. The Balaban J connectivity index is 4.02. The number of carboxylic acids is 1. The Morgan fingerprint density at radius 3 is 2.29 bits per heavy atom. The van der Waals surface area contributed by atoms with E-state index in [4.69, 9.17) is 10.2 Å². The molecule has 0 aromatic carbocycles. The number of carbonyl (C=O) groups is 2. The first-order chi connectivity index (χ1) is 6.47. The first-order valence-electron chi connectivity index (χ1n) is 4.59. The molecule has 3 N–H and O–H groups in total. The standard InChI is InChI=1S/C9H17NO4/c1-6(2)7(3-4-11)10-8(12)5-9(13)14/h6-7,11H,3-5H2,1-2H3,(H,10,12)(H,13,14). The fraction of sp³-hybridized carbons (Fsp3) is 0.778. The lowest BCUT2D eigenvalue weighted by molar-refractivity contribution is -0.141. The molecule has 5 nitrogen and oxygen atoms in total. The summed E-state index contributed by atoms with van der Waals surface area (Å²) in [5.41, 5.74) is 0. The van der Waals surface area contributed by atoms with Crippen molar-refractivity contribution >= 4 is 11.9 Å². The molecule has 5 heteroatoms. The highest BCUT2D eigenvalue weighted by Gasteiger charge is 2.16. The first-order valence-corrected chi connectivity index (χ1v) is 4.59. The van der Waals surface area contributed by atoms with Crippen molar-refractivity contribution in [3.63, 3.8) is 0 Å². The molecule has 0 aliphatic heterocycles. The minimum atomic E-state index is -1.14. The van der Waals surface area contributed by atoms with E-state index in [1.165, 1.54) is 0 Å². The zero-order valence-corrected chi connectivity index (χ0v) is 8.49. The molecule has 0 aliphatic carbocycles. The molecule has 82 valence electrons. The van der Waals surface area contributed by atoms with Crippen LogP contribution in [-0.4, -0.2) is 34.7 Å². The molecule has 0 rings (SSSR count). The van der Waals surface area contributed by atoms with Crippen LogP contribution in [0.4, 0.5) is 0 Å². The Kier molecular flexibility index (Phi) is 5.87. The van der Waals surface area contributed by atoms with Crippen molar-refractivity contribution in [3.8, 4) is 0 Å². The van der Waals surface area contributed by atoms with Gasteiger partial charge < -0.3 is 15.5 Å². The summed E-state index contributed by atoms with van der Waals surface area (Å²) in [7, 11) is 0. The van der Waals surface area contributed by atoms with Crippen molar-refractivity contribution in [2.75, 3.05) is 6.61 Å². The topological polar surface area (TPSA) is 86.6 Å². The van der Waals surface area contributed by atoms with E-state index < -0.39 is 18.3 Å². The van der Waals surface area contributed by atoms with E-state index >= 15 is 0 Å². The van der Waals surface area contributed by atoms with Gasteiger partial charge in [0.1, 0.15) is 6.42 Å². The average molecular weight is 203 g/mol. The summed E-state index contributed by atoms with van der Waals surface area (Å²) in [6, 6.07) is -0.160. The molecule has 0 radical (unpaired) electrons. The Hall–Kier alpha value is -1.10. The maximum atomic E-state index is 11.1. The zero-order chi connectivity index (χ0) is 11.1. The number of hydrogen-bond acceptors (Lipinski definition) is 3. The molecule has 0 saturated heterocycles. The van der Waals surface area contributed by atoms with Gasteiger partial charge in [-0.25, -0.2) is 0 Å². The molecule has 0 aromatic rings. The average Bonchev–Trinajstić information content (AvgIpc) is 2.01. The molecular formula is C9H17NO4. The molecule has 0 aliphatic rings. The third kappa shape index (κ3) is 5.53. The summed E-state index contributed by atoms with van der Waals surface area (Å²) in [6.07, 6.45) is -0.0718. The van der Waals surface area contributed by atoms with Gasteiger partial charge in [-0.1, -0.05) is 13.8 Å². The number of hydrogen-bond donors (Lipinski definition) is 3. The Morgan fingerprint density at radius 1 is 1.36 bits per heavy atom. The van der Waals surface area contributed by atoms with Gasteiger partial charge >= 0.3 is 5.97 Å². The fourth-order valence-electron chi connectivity index (χ4n) is 1.11. The van der Waals surface area contributed by atoms with E-state index in [0.717, 1.165) is 0 Å². The van der Waals surface area contributed by atoms with Crippen LogP contribution in [0.5, 0.6) is 0 Å². The summed E-state index contributed by atoms with van der Waals surface area (Å²) in [5.74, 6) is -1.47. The highest BCUT2D eigenvalue weighted by atomic mass is 16.4. The lowest BCUT2D eigenvalue weighted by Crippen LogP contribution is -2.39. The Labute approximate surface area is 83.1 Å². The SMILES string of the molecule is CC(C)C(CCO)NC(=O)CC(=O)O. The molecular weight excluding hydrogens is 186 g/mol. The molecule has 1 amide bonds. The maximum Gasteiger partial charge on any atom is 0.312 e. The number of carbonyl (C=O) groups excluding carboxylic acids is 1. The van der Waals surface area contributed by atoms with Crippen LogP contribution in [0.1, 0.15) is 26.7 Å². The highest BCUT2D eigenvalue weighted by Crippen LogP contribution is 2.05. The van der Waals surface area contributed by atoms with Crippen LogP contribution in [0.2, 0.25) is 0 Å². The molecule has 1 atom stereocenters. The molecule has 0 spiro atoms. The van der Waals surface area contributed by atoms with Crippen LogP contribution in [0, 0.1) is 5.92 Å². The van der Waals surface area contributed by atoms with E-state index in [-0.39, 0.29) is 18.6 Å². The number of aliphatic hydroxyl groups excluding tert-OH is 1. The summed E-state index contributed by atoms with van der Waals surface area (Å²) in [6.45, 7) is 3.79. The number of aliphatic hydroxyl groups is 1. The molecule has 14 heavy (non-hydrogen) atoms. The van der Waals surface area contributed by atoms with Crippen LogP contribution < -0.4 is 5.32 Å². The third-order valence-corrected chi connectivity index (χ3v) is 1.90. The van der Waals surface area contributed by atoms with Crippen molar-refractivity contribution in [2.45, 2.75) is 32.7 Å². The third-order valence-electron chi connectivity index (χ3n) is 1.90. The van der Waals surface area contributed by atoms with Crippen LogP contribution in [0.15, 0.2) is 0 Å². The van der Waals surface area contributed by atoms with Crippen molar-refractivity contribution < 1.29 is 19.8 Å². The molecule has 0 saturated carbocycles. The Bertz CT molecular complexity index is 203. The van der Waals surface area contributed by atoms with E-state index in [1.807, 2.05) is 13.8 Å². The monoisotopic (exact) mass is 203 g/mol. The predicted molar refractivity (Wildman–Crippen MR) is 50.7 cm³/mol. The van der Waals surface area contributed by atoms with Crippen molar-refractivity contribution in [1.29, 1.82) is 0 Å². The molecule has 0 fully saturated rings. The lowest BCUT2D eigenvalue weighted by Gasteiger charge is -2.20. The second kappa shape index (κ2) is 6.37. The molecule has 0 bridgehead atoms. The van der Waals surface area contributed by atoms with Crippen LogP contribution in [-0.2, 0) is 9.59 Å². The number of rotatable bonds is 6. The van der Waals surface area contributed by atoms with Gasteiger partial charge in [-0.05, 0) is 12.3 Å². The van der Waals surface area contributed by atoms with Gasteiger partial charge in [-0.2, -0.15) is 0 Å². The largest absolute Gasteiger partial charge is 0.481 e. The number of nitrogens with one attached hydrogen (secondary N) is 1. The summed E-state index contributed by atoms with van der Waals surface area (Å²) < 4.78 is 0. The molecule has 0 heterocycles. The van der Waals surface area contributed by atoms with Gasteiger partial charge in [0.25, 0.3) is 0 Å². The normalized spacial score (nSPS) is 12.6. The van der Waals surface area contributed by atoms with Gasteiger partial charge in [-0.3, -0.25) is 9.59 Å². The smallest absolute Gasteiger partial charge is 0.312 e. The minimum Gasteiger partial charge on any atom is -0.481 e. The van der Waals surface area contributed by atoms with Crippen molar-refractivity contribution in [2.24, 2.45) is 5.92 Å². The van der Waals surface area contributed by atoms with E-state index in [0.29, 0.717) is 6.42 Å². The van der Waals surface area contributed by atoms with Crippen LogP contribution in [0.25, 0.3) is 0 Å². The van der Waals surface area contributed by atoms with E-state index in [2.05, 4.69) is 5.32 Å². The highest BCUT2D eigenvalue weighted by molar-refractivity contribution is 5.93. The molecule has 1 unspecified atom stereocenters. The summed E-state index contributed by atoms with van der Waals surface area (Å²) >= 11 is 0. The van der Waals surface area contributed by atoms with E-state index in [9.17, 15) is 9.59 Å². The number of aliphatic carboxylic acids is 1. The van der Waals surface area contributed by atoms with Gasteiger partial charge in [0, 0.05) is 12.6 Å². The fourth-order valence-corrected chi connectivity index (χ4v) is 1.11. The maximum absolute atomic E-state index is 11.1. The van der Waals surface area contributed by atoms with Crippen molar-refractivity contribution in [1.82, 2.24) is 5.32 Å². The summed E-state index contributed by atoms with van der Waals surface area (Å²) in [5, 5.41) is 19.6. The van der Waals surface area contributed by atoms with Crippen LogP contribution in [0.3, 0.4) is 0 Å². The van der Waals surface area contributed by atoms with Crippen LogP contribution >= 0.6 is 0 Å². The van der Waals surface area contributed by atoms with Gasteiger partial charge in [-0.15, -0.1) is 0 Å². The lowest BCUT2D eigenvalue weighted by atomic mass is 10.0. The molecule has 0 aromatic heterocycles. The zero-order valence-electron chi connectivity index (χ0n) is 8.49. The van der Waals surface area contributed by atoms with Gasteiger partial charge in [0.2, 0.25) is 5.91 Å². The summed E-state index contributed by atoms with van der Waals surface area (Å²) in [4.78, 5) is 21.3. The number of carboxylic acid groups (broad SMARTS) is 1. The van der Waals surface area contributed by atoms with Gasteiger partial charge in [0.05, 0.1) is 0 Å². The second-order valence-corrected chi connectivity index (χ2v) is 3.50. The number of amides is 1. The van der Waals surface area contributed by atoms with Gasteiger partial charge in [0.15, 0.2) is 0 Å². The van der Waals surface area contributed by atoms with Crippen molar-refractivity contribution in [3.05, 3.63) is 0 Å². The Morgan fingerprint density at radius 2 is 1.93 bits per heavy atom. The predicted octanol–water partition coefficient (Wildman–Crippen LogP) is -0.0157. The van der Waals surface area contributed by atoms with E-state index in [1.54, 1.807) is 0 Å².